The number of aromatic carboxylic acids is 1. The molecule has 0 saturated heterocycles. The summed E-state index contributed by atoms with van der Waals surface area (Å²) in [6.45, 7) is 4.21. The monoisotopic (exact) mass is 301 g/mol. The van der Waals surface area contributed by atoms with Crippen LogP contribution in [-0.4, -0.2) is 35.7 Å². The van der Waals surface area contributed by atoms with Crippen molar-refractivity contribution in [2.24, 2.45) is 5.41 Å². The summed E-state index contributed by atoms with van der Waals surface area (Å²) in [6.07, 6.45) is 4.52. The summed E-state index contributed by atoms with van der Waals surface area (Å²) in [4.78, 5) is 11.0. The molecule has 1 unspecified atom stereocenters. The van der Waals surface area contributed by atoms with Crippen LogP contribution >= 0.6 is 0 Å². The van der Waals surface area contributed by atoms with Crippen LogP contribution in [0.2, 0.25) is 0 Å². The Morgan fingerprint density at radius 3 is 2.85 bits per heavy atom. The van der Waals surface area contributed by atoms with E-state index in [-0.39, 0.29) is 22.0 Å². The predicted octanol–water partition coefficient (Wildman–Crippen LogP) is 1.35. The van der Waals surface area contributed by atoms with E-state index in [2.05, 4.69) is 28.8 Å². The van der Waals surface area contributed by atoms with Gasteiger partial charge in [0.25, 0.3) is 10.0 Å². The average molecular weight is 301 g/mol. The van der Waals surface area contributed by atoms with Crippen LogP contribution in [0.1, 0.15) is 49.9 Å². The van der Waals surface area contributed by atoms with Crippen LogP contribution in [0.3, 0.4) is 0 Å². The fourth-order valence-electron chi connectivity index (χ4n) is 2.71. The van der Waals surface area contributed by atoms with Gasteiger partial charge in [-0.2, -0.15) is 5.10 Å². The topological polar surface area (TPSA) is 112 Å². The number of carboxylic acid groups (broad SMARTS) is 1. The van der Waals surface area contributed by atoms with Crippen molar-refractivity contribution >= 4 is 16.0 Å². The number of aromatic amines is 1. The molecule has 3 N–H and O–H groups in total. The van der Waals surface area contributed by atoms with Crippen molar-refractivity contribution in [2.45, 2.75) is 50.6 Å². The van der Waals surface area contributed by atoms with Crippen molar-refractivity contribution in [1.29, 1.82) is 0 Å². The van der Waals surface area contributed by atoms with Crippen LogP contribution in [0.4, 0.5) is 0 Å². The smallest absolute Gasteiger partial charge is 0.340 e. The van der Waals surface area contributed by atoms with Crippen LogP contribution in [-0.2, 0) is 10.0 Å². The number of nitrogens with one attached hydrogen (secondary N) is 2. The highest BCUT2D eigenvalue weighted by molar-refractivity contribution is 7.89. The zero-order valence-electron chi connectivity index (χ0n) is 11.5. The van der Waals surface area contributed by atoms with E-state index < -0.39 is 16.0 Å². The van der Waals surface area contributed by atoms with Crippen LogP contribution in [0, 0.1) is 5.41 Å². The molecule has 0 aromatic carbocycles. The molecule has 7 nitrogen and oxygen atoms in total. The minimum absolute atomic E-state index is 0.0923. The van der Waals surface area contributed by atoms with Crippen molar-refractivity contribution in [3.05, 3.63) is 11.8 Å². The molecule has 0 aliphatic heterocycles. The lowest BCUT2D eigenvalue weighted by Gasteiger charge is -2.35. The molecule has 2 rings (SSSR count). The first kappa shape index (κ1) is 15.0. The Labute approximate surface area is 117 Å². The second-order valence-electron chi connectivity index (χ2n) is 6.00. The Kier molecular flexibility index (Phi) is 3.88. The van der Waals surface area contributed by atoms with E-state index in [1.807, 2.05) is 0 Å². The Hall–Kier alpha value is -1.41. The Bertz CT molecular complexity index is 606. The number of sulfonamides is 1. The number of rotatable bonds is 4. The summed E-state index contributed by atoms with van der Waals surface area (Å²) < 4.78 is 27.1. The standard InChI is InChI=1S/C12H19N3O4S/c1-12(2)5-3-4-8(6-12)15-20(18,19)10-9(11(16)17)7-13-14-10/h7-8,15H,3-6H2,1-2H3,(H,13,14)(H,16,17). The molecular formula is C12H19N3O4S. The normalized spacial score (nSPS) is 22.6. The lowest BCUT2D eigenvalue weighted by molar-refractivity contribution is 0.0692. The molecule has 0 radical (unpaired) electrons. The van der Waals surface area contributed by atoms with E-state index in [1.54, 1.807) is 0 Å². The van der Waals surface area contributed by atoms with Gasteiger partial charge in [0.15, 0.2) is 5.03 Å². The minimum atomic E-state index is -3.89. The minimum Gasteiger partial charge on any atom is -0.478 e. The van der Waals surface area contributed by atoms with Gasteiger partial charge in [0, 0.05) is 6.04 Å². The molecule has 1 atom stereocenters. The Morgan fingerprint density at radius 1 is 1.55 bits per heavy atom. The van der Waals surface area contributed by atoms with E-state index >= 15 is 0 Å². The van der Waals surface area contributed by atoms with Crippen molar-refractivity contribution in [1.82, 2.24) is 14.9 Å². The summed E-state index contributed by atoms with van der Waals surface area (Å²) in [6, 6.07) is -0.173. The number of H-pyrrole nitrogens is 1. The molecular weight excluding hydrogens is 282 g/mol. The SMILES string of the molecule is CC1(C)CCCC(NS(=O)(=O)c2[nH]ncc2C(=O)O)C1. The largest absolute Gasteiger partial charge is 0.478 e. The number of nitrogens with zero attached hydrogens (tertiary/aromatic N) is 1. The summed E-state index contributed by atoms with van der Waals surface area (Å²) in [7, 11) is -3.89. The molecule has 20 heavy (non-hydrogen) atoms. The number of aromatic nitrogens is 2. The van der Waals surface area contributed by atoms with Gasteiger partial charge in [-0.25, -0.2) is 17.9 Å². The van der Waals surface area contributed by atoms with E-state index in [1.165, 1.54) is 0 Å². The Balaban J connectivity index is 2.19. The fourth-order valence-corrected chi connectivity index (χ4v) is 4.07. The van der Waals surface area contributed by atoms with Crippen LogP contribution in [0.15, 0.2) is 11.2 Å². The molecule has 0 spiro atoms. The van der Waals surface area contributed by atoms with Gasteiger partial charge in [0.1, 0.15) is 5.56 Å². The third-order valence-corrected chi connectivity index (χ3v) is 5.12. The average Bonchev–Trinajstić information content (AvgIpc) is 2.76. The maximum absolute atomic E-state index is 12.3. The van der Waals surface area contributed by atoms with Gasteiger partial charge < -0.3 is 5.11 Å². The van der Waals surface area contributed by atoms with Gasteiger partial charge in [-0.05, 0) is 24.7 Å². The van der Waals surface area contributed by atoms with Crippen molar-refractivity contribution in [3.8, 4) is 0 Å². The zero-order chi connectivity index (χ0) is 15.0. The second kappa shape index (κ2) is 5.17. The maximum atomic E-state index is 12.3. The Morgan fingerprint density at radius 2 is 2.25 bits per heavy atom. The molecule has 8 heteroatoms. The highest BCUT2D eigenvalue weighted by Crippen LogP contribution is 2.35. The predicted molar refractivity (Wildman–Crippen MR) is 71.9 cm³/mol. The van der Waals surface area contributed by atoms with E-state index in [4.69, 9.17) is 5.11 Å². The van der Waals surface area contributed by atoms with Crippen molar-refractivity contribution in [3.63, 3.8) is 0 Å². The number of carbonyl (C=O) groups is 1. The molecule has 1 heterocycles. The number of hydrogen-bond acceptors (Lipinski definition) is 4. The molecule has 1 aromatic rings. The lowest BCUT2D eigenvalue weighted by atomic mass is 9.75. The second-order valence-corrected chi connectivity index (χ2v) is 7.65. The van der Waals surface area contributed by atoms with Crippen molar-refractivity contribution < 1.29 is 18.3 Å². The highest BCUT2D eigenvalue weighted by atomic mass is 32.2. The van der Waals surface area contributed by atoms with Gasteiger partial charge >= 0.3 is 5.97 Å². The first-order chi connectivity index (χ1) is 9.21. The number of carboxylic acids is 1. The highest BCUT2D eigenvalue weighted by Gasteiger charge is 2.33. The molecule has 1 aromatic heterocycles. The van der Waals surface area contributed by atoms with E-state index in [0.29, 0.717) is 0 Å². The van der Waals surface area contributed by atoms with Crippen LogP contribution in [0.25, 0.3) is 0 Å². The van der Waals surface area contributed by atoms with Crippen LogP contribution < -0.4 is 4.72 Å². The van der Waals surface area contributed by atoms with Gasteiger partial charge in [0.05, 0.1) is 6.20 Å². The summed E-state index contributed by atoms with van der Waals surface area (Å²) in [5, 5.41) is 14.3. The zero-order valence-corrected chi connectivity index (χ0v) is 12.3. The third-order valence-electron chi connectivity index (χ3n) is 3.63. The molecule has 1 fully saturated rings. The van der Waals surface area contributed by atoms with E-state index in [0.717, 1.165) is 31.9 Å². The molecule has 0 amide bonds. The quantitative estimate of drug-likeness (QED) is 0.777. The van der Waals surface area contributed by atoms with Gasteiger partial charge in [0.2, 0.25) is 0 Å². The van der Waals surface area contributed by atoms with Gasteiger partial charge in [-0.3, -0.25) is 5.10 Å². The third kappa shape index (κ3) is 3.18. The molecule has 1 aliphatic carbocycles. The summed E-state index contributed by atoms with van der Waals surface area (Å²) in [5.74, 6) is -1.32. The number of hydrogen-bond donors (Lipinski definition) is 3. The maximum Gasteiger partial charge on any atom is 0.340 e. The summed E-state index contributed by atoms with van der Waals surface area (Å²) >= 11 is 0. The fraction of sp³-hybridized carbons (Fsp3) is 0.667. The summed E-state index contributed by atoms with van der Waals surface area (Å²) in [5.41, 5.74) is -0.248. The van der Waals surface area contributed by atoms with Crippen LogP contribution in [0.5, 0.6) is 0 Å². The molecule has 1 aliphatic rings. The lowest BCUT2D eigenvalue weighted by Crippen LogP contribution is -2.41. The molecule has 0 bridgehead atoms. The van der Waals surface area contributed by atoms with Crippen molar-refractivity contribution in [2.75, 3.05) is 0 Å². The van der Waals surface area contributed by atoms with Gasteiger partial charge in [-0.15, -0.1) is 0 Å². The molecule has 112 valence electrons. The first-order valence-corrected chi connectivity index (χ1v) is 7.99. The van der Waals surface area contributed by atoms with Gasteiger partial charge in [-0.1, -0.05) is 20.3 Å². The molecule has 1 saturated carbocycles. The first-order valence-electron chi connectivity index (χ1n) is 6.50. The van der Waals surface area contributed by atoms with E-state index in [9.17, 15) is 13.2 Å².